The van der Waals surface area contributed by atoms with Crippen LogP contribution in [-0.4, -0.2) is 83.6 Å². The Kier molecular flexibility index (Phi) is 10.3. The molecule has 0 saturated heterocycles. The minimum atomic E-state index is -4.05. The number of aliphatic hydroxyl groups excluding tert-OH is 2. The quantitative estimate of drug-likeness (QED) is 0.267. The number of ether oxygens (including phenoxy) is 1. The number of halogens is 1. The molecule has 2 N–H and O–H groups in total. The second-order valence-electron chi connectivity index (χ2n) is 10.6. The molecule has 14 heteroatoms. The summed E-state index contributed by atoms with van der Waals surface area (Å²) in [5.74, 6) is 0.668. The van der Waals surface area contributed by atoms with Gasteiger partial charge in [0.25, 0.3) is 0 Å². The van der Waals surface area contributed by atoms with Crippen LogP contribution in [0, 0.1) is 0 Å². The van der Waals surface area contributed by atoms with Gasteiger partial charge in [-0.1, -0.05) is 60.7 Å². The fraction of sp³-hybridized carbons (Fsp3) is 0.520. The Morgan fingerprint density at radius 3 is 2.23 bits per heavy atom. The summed E-state index contributed by atoms with van der Waals surface area (Å²) in [4.78, 5) is 8.62. The summed E-state index contributed by atoms with van der Waals surface area (Å²) in [7, 11) is -4.24. The van der Waals surface area contributed by atoms with Gasteiger partial charge in [0.1, 0.15) is 5.82 Å². The summed E-state index contributed by atoms with van der Waals surface area (Å²) in [5, 5.41) is 28.1. The Balaban J connectivity index is 2.16. The van der Waals surface area contributed by atoms with Gasteiger partial charge in [-0.05, 0) is 19.0 Å². The van der Waals surface area contributed by atoms with Gasteiger partial charge in [-0.3, -0.25) is 4.57 Å². The van der Waals surface area contributed by atoms with Gasteiger partial charge in [0.15, 0.2) is 11.6 Å². The Labute approximate surface area is 239 Å². The Morgan fingerprint density at radius 2 is 1.69 bits per heavy atom. The molecule has 2 atom stereocenters. The third kappa shape index (κ3) is 7.04. The predicted molar refractivity (Wildman–Crippen MR) is 157 cm³/mol. The second kappa shape index (κ2) is 12.9. The Hall–Kier alpha value is -2.39. The van der Waals surface area contributed by atoms with Crippen LogP contribution in [0.5, 0.6) is 5.75 Å². The number of aliphatic hydroxyl groups is 2. The topological polar surface area (TPSA) is 144 Å². The molecule has 11 nitrogen and oxygen atoms in total. The maximum absolute atomic E-state index is 14.3. The van der Waals surface area contributed by atoms with Crippen molar-refractivity contribution in [3.63, 3.8) is 0 Å². The first kappa shape index (κ1) is 31.1. The monoisotopic (exact) mass is 640 g/mol. The van der Waals surface area contributed by atoms with Gasteiger partial charge >= 0.3 is 0 Å². The molecule has 0 saturated carbocycles. The van der Waals surface area contributed by atoms with Crippen LogP contribution in [0.25, 0.3) is 11.4 Å². The van der Waals surface area contributed by atoms with Crippen LogP contribution in [0.15, 0.2) is 41.1 Å². The highest BCUT2D eigenvalue weighted by atomic mass is 79.9. The van der Waals surface area contributed by atoms with E-state index in [4.69, 9.17) is 4.74 Å². The lowest BCUT2D eigenvalue weighted by atomic mass is 10.1. The van der Waals surface area contributed by atoms with E-state index >= 15 is 0 Å². The first-order valence-corrected chi connectivity index (χ1v) is 18.6. The standard InChI is InChI=1S/C25H37BrN6O5SSi/c1-17(23-27-13-20(37-3)14-28-23)18(2)38(35,36)31(11-12-39(4,5)6)25-30-29-24(32(25)19(15-33)16-34)21-9-7-8-10-22(21)26/h7-10,13-14,17-19,33-34H,11-12,15-16H2,1-6H3/t17-,18-/m0/s1. The molecular weight excluding hydrogens is 604 g/mol. The summed E-state index contributed by atoms with van der Waals surface area (Å²) < 4.78 is 37.2. The third-order valence-electron chi connectivity index (χ3n) is 6.64. The van der Waals surface area contributed by atoms with E-state index in [1.54, 1.807) is 13.8 Å². The van der Waals surface area contributed by atoms with Gasteiger partial charge in [-0.25, -0.2) is 22.7 Å². The Morgan fingerprint density at radius 1 is 1.08 bits per heavy atom. The normalized spacial score (nSPS) is 13.9. The summed E-state index contributed by atoms with van der Waals surface area (Å²) >= 11 is 3.53. The lowest BCUT2D eigenvalue weighted by molar-refractivity contribution is 0.156. The first-order valence-electron chi connectivity index (χ1n) is 12.6. The van der Waals surface area contributed by atoms with E-state index < -0.39 is 48.5 Å². The summed E-state index contributed by atoms with van der Waals surface area (Å²) in [6.45, 7) is 9.18. The lowest BCUT2D eigenvalue weighted by Gasteiger charge is -2.32. The molecule has 0 aliphatic rings. The number of benzene rings is 1. The SMILES string of the molecule is COc1cnc([C@@H](C)[C@H](C)S(=O)(=O)N(CC[Si](C)(C)C)c2nnc(-c3ccccc3Br)n2C(CO)CO)nc1. The summed E-state index contributed by atoms with van der Waals surface area (Å²) in [6.07, 6.45) is 3.02. The molecule has 1 aromatic carbocycles. The van der Waals surface area contributed by atoms with Crippen LogP contribution in [-0.2, 0) is 10.0 Å². The van der Waals surface area contributed by atoms with Crippen molar-refractivity contribution in [2.75, 3.05) is 31.2 Å². The average molecular weight is 642 g/mol. The zero-order valence-electron chi connectivity index (χ0n) is 23.1. The molecule has 214 valence electrons. The number of hydrogen-bond donors (Lipinski definition) is 2. The molecule has 0 radical (unpaired) electrons. The van der Waals surface area contributed by atoms with Crippen LogP contribution in [0.2, 0.25) is 25.7 Å². The highest BCUT2D eigenvalue weighted by molar-refractivity contribution is 9.10. The average Bonchev–Trinajstić information content (AvgIpc) is 3.32. The maximum Gasteiger partial charge on any atom is 0.241 e. The largest absolute Gasteiger partial charge is 0.494 e. The second-order valence-corrected chi connectivity index (χ2v) is 19.3. The highest BCUT2D eigenvalue weighted by Gasteiger charge is 2.39. The van der Waals surface area contributed by atoms with Crippen LogP contribution in [0.4, 0.5) is 5.95 Å². The van der Waals surface area contributed by atoms with Crippen molar-refractivity contribution in [2.45, 2.75) is 56.7 Å². The van der Waals surface area contributed by atoms with Crippen LogP contribution in [0.3, 0.4) is 0 Å². The van der Waals surface area contributed by atoms with Crippen molar-refractivity contribution in [1.29, 1.82) is 0 Å². The molecule has 3 rings (SSSR count). The fourth-order valence-electron chi connectivity index (χ4n) is 3.95. The minimum Gasteiger partial charge on any atom is -0.494 e. The molecule has 2 heterocycles. The van der Waals surface area contributed by atoms with Crippen LogP contribution < -0.4 is 9.04 Å². The number of aromatic nitrogens is 5. The first-order chi connectivity index (χ1) is 18.3. The van der Waals surface area contributed by atoms with Crippen molar-refractivity contribution < 1.29 is 23.4 Å². The van der Waals surface area contributed by atoms with Gasteiger partial charge in [0, 0.05) is 30.6 Å². The van der Waals surface area contributed by atoms with Crippen molar-refractivity contribution in [1.82, 2.24) is 24.7 Å². The molecular formula is C25H37BrN6O5SSi. The third-order valence-corrected chi connectivity index (χ3v) is 11.4. The molecule has 3 aromatic rings. The Bertz CT molecular complexity index is 1350. The van der Waals surface area contributed by atoms with Crippen molar-refractivity contribution in [2.24, 2.45) is 0 Å². The van der Waals surface area contributed by atoms with E-state index in [0.717, 1.165) is 4.47 Å². The number of rotatable bonds is 13. The molecule has 0 fully saturated rings. The van der Waals surface area contributed by atoms with E-state index in [-0.39, 0.29) is 12.5 Å². The molecule has 0 spiro atoms. The van der Waals surface area contributed by atoms with Crippen molar-refractivity contribution in [3.8, 4) is 17.1 Å². The van der Waals surface area contributed by atoms with Gasteiger partial charge in [0.05, 0.1) is 44.0 Å². The van der Waals surface area contributed by atoms with Crippen molar-refractivity contribution in [3.05, 3.63) is 47.0 Å². The lowest BCUT2D eigenvalue weighted by Crippen LogP contribution is -2.44. The van der Waals surface area contributed by atoms with E-state index in [9.17, 15) is 18.6 Å². The van der Waals surface area contributed by atoms with E-state index in [0.29, 0.717) is 29.0 Å². The van der Waals surface area contributed by atoms with E-state index in [1.807, 2.05) is 24.3 Å². The molecule has 0 unspecified atom stereocenters. The number of anilines is 1. The molecule has 0 amide bonds. The molecule has 0 bridgehead atoms. The van der Waals surface area contributed by atoms with E-state index in [1.165, 1.54) is 28.4 Å². The zero-order chi connectivity index (χ0) is 29.0. The minimum absolute atomic E-state index is 0.0433. The molecule has 0 aliphatic carbocycles. The highest BCUT2D eigenvalue weighted by Crippen LogP contribution is 2.35. The van der Waals surface area contributed by atoms with Gasteiger partial charge in [0.2, 0.25) is 16.0 Å². The van der Waals surface area contributed by atoms with Crippen molar-refractivity contribution >= 4 is 40.0 Å². The van der Waals surface area contributed by atoms with E-state index in [2.05, 4.69) is 55.7 Å². The fourth-order valence-corrected chi connectivity index (χ4v) is 7.21. The van der Waals surface area contributed by atoms with Gasteiger partial charge in [-0.2, -0.15) is 0 Å². The predicted octanol–water partition coefficient (Wildman–Crippen LogP) is 3.70. The summed E-state index contributed by atoms with van der Waals surface area (Å²) in [5.41, 5.74) is 0.652. The maximum atomic E-state index is 14.3. The van der Waals surface area contributed by atoms with Crippen LogP contribution in [0.1, 0.15) is 31.6 Å². The molecule has 39 heavy (non-hydrogen) atoms. The molecule has 0 aliphatic heterocycles. The van der Waals surface area contributed by atoms with Gasteiger partial charge < -0.3 is 14.9 Å². The number of nitrogens with zero attached hydrogens (tertiary/aromatic N) is 6. The smallest absolute Gasteiger partial charge is 0.241 e. The number of hydrogen-bond acceptors (Lipinski definition) is 9. The molecule has 2 aromatic heterocycles. The number of sulfonamides is 1. The number of methoxy groups -OCH3 is 1. The van der Waals surface area contributed by atoms with Crippen LogP contribution >= 0.6 is 15.9 Å². The zero-order valence-corrected chi connectivity index (χ0v) is 26.5. The summed E-state index contributed by atoms with van der Waals surface area (Å²) in [6, 6.07) is 7.11. The van der Waals surface area contributed by atoms with Gasteiger partial charge in [-0.15, -0.1) is 10.2 Å².